The van der Waals surface area contributed by atoms with Gasteiger partial charge in [-0.25, -0.2) is 0 Å². The monoisotopic (exact) mass is 408 g/mol. The molecule has 1 aromatic carbocycles. The quantitative estimate of drug-likeness (QED) is 0.313. The van der Waals surface area contributed by atoms with Crippen LogP contribution < -0.4 is 0 Å². The second kappa shape index (κ2) is 10.8. The van der Waals surface area contributed by atoms with Crippen molar-refractivity contribution in [2.24, 2.45) is 5.92 Å². The maximum atomic E-state index is 12.2. The van der Waals surface area contributed by atoms with E-state index in [9.17, 15) is 9.59 Å². The van der Waals surface area contributed by atoms with Crippen LogP contribution in [0.5, 0.6) is 0 Å². The van der Waals surface area contributed by atoms with E-state index in [0.717, 1.165) is 11.1 Å². The van der Waals surface area contributed by atoms with Crippen molar-refractivity contribution in [2.45, 2.75) is 72.2 Å². The summed E-state index contributed by atoms with van der Waals surface area (Å²) < 4.78 is 16.5. The Labute approximate surface area is 170 Å². The van der Waals surface area contributed by atoms with Crippen molar-refractivity contribution < 1.29 is 23.5 Å². The van der Waals surface area contributed by atoms with Crippen LogP contribution in [0.25, 0.3) is 0 Å². The molecule has 158 valence electrons. The highest BCUT2D eigenvalue weighted by atomic mass is 28.4. The molecule has 1 aromatic rings. The van der Waals surface area contributed by atoms with Gasteiger partial charge in [-0.05, 0) is 55.9 Å². The normalized spacial score (nSPS) is 12.1. The van der Waals surface area contributed by atoms with Gasteiger partial charge in [-0.3, -0.25) is 9.59 Å². The molecule has 0 aliphatic carbocycles. The molecule has 1 rings (SSSR count). The van der Waals surface area contributed by atoms with Gasteiger partial charge in [0.1, 0.15) is 0 Å². The Morgan fingerprint density at radius 3 is 1.93 bits per heavy atom. The zero-order valence-electron chi connectivity index (χ0n) is 18.5. The van der Waals surface area contributed by atoms with Crippen LogP contribution in [-0.2, 0) is 36.5 Å². The van der Waals surface area contributed by atoms with Crippen molar-refractivity contribution in [3.05, 3.63) is 35.4 Å². The molecule has 0 atom stereocenters. The van der Waals surface area contributed by atoms with E-state index >= 15 is 0 Å². The second-order valence-corrected chi connectivity index (χ2v) is 13.2. The smallest absolute Gasteiger partial charge is 0.320 e. The lowest BCUT2D eigenvalue weighted by Crippen LogP contribution is -2.40. The molecule has 0 aliphatic rings. The second-order valence-electron chi connectivity index (χ2n) is 8.41. The minimum absolute atomic E-state index is 0.140. The van der Waals surface area contributed by atoms with Crippen molar-refractivity contribution in [1.29, 1.82) is 0 Å². The van der Waals surface area contributed by atoms with Gasteiger partial charge in [-0.15, -0.1) is 0 Å². The van der Waals surface area contributed by atoms with Crippen LogP contribution in [0.2, 0.25) is 18.1 Å². The summed E-state index contributed by atoms with van der Waals surface area (Å²) in [4.78, 5) is 24.4. The molecule has 0 fully saturated rings. The molecule has 0 unspecified atom stereocenters. The Morgan fingerprint density at radius 2 is 1.46 bits per heavy atom. The lowest BCUT2D eigenvalue weighted by atomic mass is 9.96. The first-order valence-corrected chi connectivity index (χ1v) is 13.0. The fourth-order valence-corrected chi connectivity index (χ4v) is 3.48. The van der Waals surface area contributed by atoms with E-state index in [0.29, 0.717) is 19.4 Å². The summed E-state index contributed by atoms with van der Waals surface area (Å²) in [6.07, 6.45) is 0.939. The molecule has 0 spiro atoms. The third-order valence-electron chi connectivity index (χ3n) is 5.36. The Bertz CT molecular complexity index is 631. The van der Waals surface area contributed by atoms with Gasteiger partial charge in [0.15, 0.2) is 14.2 Å². The van der Waals surface area contributed by atoms with Gasteiger partial charge in [-0.1, -0.05) is 45.0 Å². The number of carbonyl (C=O) groups is 2. The van der Waals surface area contributed by atoms with Crippen LogP contribution in [0.3, 0.4) is 0 Å². The van der Waals surface area contributed by atoms with E-state index in [1.807, 2.05) is 24.3 Å². The molecule has 0 radical (unpaired) electrons. The van der Waals surface area contributed by atoms with E-state index in [2.05, 4.69) is 33.9 Å². The first kappa shape index (κ1) is 24.4. The minimum atomic E-state index is -1.86. The topological polar surface area (TPSA) is 61.8 Å². The molecule has 0 amide bonds. The number of benzene rings is 1. The van der Waals surface area contributed by atoms with Gasteiger partial charge in [0, 0.05) is 0 Å². The van der Waals surface area contributed by atoms with Crippen LogP contribution in [0, 0.1) is 5.92 Å². The summed E-state index contributed by atoms with van der Waals surface area (Å²) in [5.74, 6) is -1.93. The predicted molar refractivity (Wildman–Crippen MR) is 114 cm³/mol. The summed E-state index contributed by atoms with van der Waals surface area (Å²) in [6.45, 7) is 15.6. The summed E-state index contributed by atoms with van der Waals surface area (Å²) in [6, 6.07) is 8.03. The Balaban J connectivity index is 2.88. The highest BCUT2D eigenvalue weighted by Gasteiger charge is 2.37. The zero-order valence-corrected chi connectivity index (χ0v) is 19.5. The highest BCUT2D eigenvalue weighted by molar-refractivity contribution is 6.74. The fourth-order valence-electron chi connectivity index (χ4n) is 2.53. The molecular formula is C22H36O5Si. The average Bonchev–Trinajstić information content (AvgIpc) is 2.60. The third-order valence-corrected chi connectivity index (χ3v) is 9.84. The van der Waals surface area contributed by atoms with Crippen LogP contribution in [0.1, 0.15) is 52.2 Å². The van der Waals surface area contributed by atoms with Crippen LogP contribution in [-0.4, -0.2) is 33.5 Å². The lowest BCUT2D eigenvalue weighted by molar-refractivity contribution is -0.161. The average molecular weight is 409 g/mol. The Kier molecular flexibility index (Phi) is 9.37. The van der Waals surface area contributed by atoms with Crippen molar-refractivity contribution in [2.75, 3.05) is 13.2 Å². The highest BCUT2D eigenvalue weighted by Crippen LogP contribution is 2.37. The molecule has 0 saturated carbocycles. The van der Waals surface area contributed by atoms with Crippen molar-refractivity contribution in [3.8, 4) is 0 Å². The summed E-state index contributed by atoms with van der Waals surface area (Å²) in [5, 5.41) is 0.140. The van der Waals surface area contributed by atoms with Crippen LogP contribution >= 0.6 is 0 Å². The number of aryl methyl sites for hydroxylation is 1. The first-order valence-electron chi connectivity index (χ1n) is 10.1. The number of ether oxygens (including phenoxy) is 2. The standard InChI is InChI=1S/C22H36O5Si/c1-8-25-20(23)19(21(24)26-9-2)15-14-17-12-10-11-13-18(17)16-27-28(6,7)22(3,4)5/h10-13,19H,8-9,14-16H2,1-7H3. The zero-order chi connectivity index (χ0) is 21.4. The maximum Gasteiger partial charge on any atom is 0.320 e. The van der Waals surface area contributed by atoms with Gasteiger partial charge in [0.2, 0.25) is 0 Å². The fraction of sp³-hybridized carbons (Fsp3) is 0.636. The van der Waals surface area contributed by atoms with Gasteiger partial charge < -0.3 is 13.9 Å². The van der Waals surface area contributed by atoms with Crippen molar-refractivity contribution >= 4 is 20.3 Å². The SMILES string of the molecule is CCOC(=O)C(CCc1ccccc1CO[Si](C)(C)C(C)(C)C)C(=O)OCC. The lowest BCUT2D eigenvalue weighted by Gasteiger charge is -2.36. The summed E-state index contributed by atoms with van der Waals surface area (Å²) >= 11 is 0. The minimum Gasteiger partial charge on any atom is -0.465 e. The molecular weight excluding hydrogens is 372 g/mol. The number of esters is 2. The third kappa shape index (κ3) is 7.06. The molecule has 5 nitrogen and oxygen atoms in total. The molecule has 28 heavy (non-hydrogen) atoms. The van der Waals surface area contributed by atoms with Gasteiger partial charge in [-0.2, -0.15) is 0 Å². The summed E-state index contributed by atoms with van der Waals surface area (Å²) in [7, 11) is -1.86. The Morgan fingerprint density at radius 1 is 0.964 bits per heavy atom. The number of hydrogen-bond donors (Lipinski definition) is 0. The van der Waals surface area contributed by atoms with Crippen LogP contribution in [0.4, 0.5) is 0 Å². The van der Waals surface area contributed by atoms with Gasteiger partial charge in [0.05, 0.1) is 19.8 Å². The molecule has 0 aromatic heterocycles. The molecule has 0 N–H and O–H groups in total. The molecule has 6 heteroatoms. The van der Waals surface area contributed by atoms with E-state index in [4.69, 9.17) is 13.9 Å². The predicted octanol–water partition coefficient (Wildman–Crippen LogP) is 4.88. The van der Waals surface area contributed by atoms with E-state index in [-0.39, 0.29) is 18.3 Å². The van der Waals surface area contributed by atoms with Gasteiger partial charge in [0.25, 0.3) is 0 Å². The van der Waals surface area contributed by atoms with Crippen molar-refractivity contribution in [3.63, 3.8) is 0 Å². The number of carbonyl (C=O) groups excluding carboxylic acids is 2. The molecule has 0 saturated heterocycles. The molecule has 0 aliphatic heterocycles. The first-order chi connectivity index (χ1) is 13.0. The number of hydrogen-bond acceptors (Lipinski definition) is 5. The molecule has 0 heterocycles. The largest absolute Gasteiger partial charge is 0.465 e. The van der Waals surface area contributed by atoms with Crippen LogP contribution in [0.15, 0.2) is 24.3 Å². The number of rotatable bonds is 10. The van der Waals surface area contributed by atoms with Gasteiger partial charge >= 0.3 is 11.9 Å². The Hall–Kier alpha value is -1.66. The molecule has 0 bridgehead atoms. The van der Waals surface area contributed by atoms with E-state index in [1.165, 1.54) is 0 Å². The maximum absolute atomic E-state index is 12.2. The summed E-state index contributed by atoms with van der Waals surface area (Å²) in [5.41, 5.74) is 2.18. The van der Waals surface area contributed by atoms with E-state index < -0.39 is 26.2 Å². The van der Waals surface area contributed by atoms with E-state index in [1.54, 1.807) is 13.8 Å². The van der Waals surface area contributed by atoms with Crippen molar-refractivity contribution in [1.82, 2.24) is 0 Å².